The average molecular weight is 867 g/mol. The molecule has 5 aromatic rings. The third kappa shape index (κ3) is 11.7. The van der Waals surface area contributed by atoms with Crippen LogP contribution in [-0.4, -0.2) is 73.8 Å². The fourth-order valence-corrected chi connectivity index (χ4v) is 6.83. The van der Waals surface area contributed by atoms with Gasteiger partial charge in [-0.2, -0.15) is 5.26 Å². The lowest BCUT2D eigenvalue weighted by Gasteiger charge is -2.19. The Bertz CT molecular complexity index is 2460. The van der Waals surface area contributed by atoms with E-state index in [1.54, 1.807) is 42.6 Å². The molecule has 0 aliphatic heterocycles. The minimum Gasteiger partial charge on any atom is -0.496 e. The first-order valence-electron chi connectivity index (χ1n) is 19.4. The standard InChI is InChI=1S/C47H48ClFN4O9/c1-28-32(16-40(49)33-12-13-34(43(17-33)58-3)22-52-41(24-54)46(56)59-4)8-6-10-37(28)38-11-7-9-35(29(38)2)27-62-45-18-44(61-26-31-14-30(19-50)20-51-21-31)36(15-39(45)48)23-53-42(25-55)47(57)60-5/h6-18,20-21,41-42,52-55H,22-27H2,1-5H3/b40-16-/t41-,42-/m1/s1. The second kappa shape index (κ2) is 22.5. The first kappa shape index (κ1) is 46.7. The Morgan fingerprint density at radius 3 is 2.08 bits per heavy atom. The molecule has 0 unspecified atom stereocenters. The number of rotatable bonds is 20. The van der Waals surface area contributed by atoms with Crippen molar-refractivity contribution in [3.05, 3.63) is 140 Å². The number of aliphatic hydroxyl groups is 2. The number of nitrogens with zero attached hydrogens (tertiary/aromatic N) is 2. The number of benzene rings is 4. The molecule has 1 heterocycles. The summed E-state index contributed by atoms with van der Waals surface area (Å²) >= 11 is 6.76. The van der Waals surface area contributed by atoms with E-state index in [-0.39, 0.29) is 31.3 Å². The molecule has 0 radical (unpaired) electrons. The highest BCUT2D eigenvalue weighted by Crippen LogP contribution is 2.36. The molecular formula is C47H48ClFN4O9. The van der Waals surface area contributed by atoms with Crippen molar-refractivity contribution in [2.75, 3.05) is 34.5 Å². The molecule has 1 aromatic heterocycles. The summed E-state index contributed by atoms with van der Waals surface area (Å²) in [5.41, 5.74) is 7.76. The Balaban J connectivity index is 1.37. The van der Waals surface area contributed by atoms with Gasteiger partial charge in [0, 0.05) is 53.8 Å². The van der Waals surface area contributed by atoms with Crippen LogP contribution in [0.25, 0.3) is 23.0 Å². The van der Waals surface area contributed by atoms with Crippen LogP contribution in [-0.2, 0) is 45.4 Å². The molecule has 4 aromatic carbocycles. The van der Waals surface area contributed by atoms with Crippen LogP contribution >= 0.6 is 11.6 Å². The zero-order chi connectivity index (χ0) is 44.8. The second-order valence-electron chi connectivity index (χ2n) is 14.1. The average Bonchev–Trinajstić information content (AvgIpc) is 3.29. The number of pyridine rings is 1. The maximum Gasteiger partial charge on any atom is 0.325 e. The Morgan fingerprint density at radius 2 is 1.44 bits per heavy atom. The van der Waals surface area contributed by atoms with Crippen molar-refractivity contribution in [1.29, 1.82) is 5.26 Å². The van der Waals surface area contributed by atoms with Crippen molar-refractivity contribution in [2.45, 2.75) is 52.2 Å². The molecule has 15 heteroatoms. The van der Waals surface area contributed by atoms with E-state index in [9.17, 15) is 25.1 Å². The molecule has 5 rings (SSSR count). The zero-order valence-electron chi connectivity index (χ0n) is 35.0. The highest BCUT2D eigenvalue weighted by molar-refractivity contribution is 6.32. The number of nitrogens with one attached hydrogen (secondary N) is 2. The first-order valence-corrected chi connectivity index (χ1v) is 19.8. The number of hydrogen-bond acceptors (Lipinski definition) is 13. The number of halogens is 2. The number of ether oxygens (including phenoxy) is 5. The van der Waals surface area contributed by atoms with Gasteiger partial charge in [0.1, 0.15) is 54.4 Å². The van der Waals surface area contributed by atoms with E-state index in [2.05, 4.69) is 21.7 Å². The van der Waals surface area contributed by atoms with Crippen molar-refractivity contribution < 1.29 is 47.9 Å². The Kier molecular flexibility index (Phi) is 16.9. The summed E-state index contributed by atoms with van der Waals surface area (Å²) in [6.45, 7) is 3.47. The lowest BCUT2D eigenvalue weighted by atomic mass is 9.91. The number of methoxy groups -OCH3 is 3. The van der Waals surface area contributed by atoms with E-state index >= 15 is 4.39 Å². The summed E-state index contributed by atoms with van der Waals surface area (Å²) in [7, 11) is 3.95. The molecule has 0 spiro atoms. The monoisotopic (exact) mass is 866 g/mol. The fourth-order valence-electron chi connectivity index (χ4n) is 6.59. The minimum atomic E-state index is -0.979. The first-order chi connectivity index (χ1) is 29.9. The van der Waals surface area contributed by atoms with Crippen LogP contribution < -0.4 is 24.8 Å². The van der Waals surface area contributed by atoms with Crippen molar-refractivity contribution in [2.24, 2.45) is 0 Å². The SMILES string of the molecule is COC(=O)[C@@H](CO)NCc1ccc(/C(F)=C/c2cccc(-c3cccc(COc4cc(OCc5cncc(C#N)c5)c(CN[C@H](CO)C(=O)OC)cc4Cl)c3C)c2C)cc1OC. The zero-order valence-corrected chi connectivity index (χ0v) is 35.7. The predicted octanol–water partition coefficient (Wildman–Crippen LogP) is 6.77. The normalized spacial score (nSPS) is 12.2. The summed E-state index contributed by atoms with van der Waals surface area (Å²) in [6, 6.07) is 21.6. The topological polar surface area (TPSA) is 181 Å². The molecule has 62 heavy (non-hydrogen) atoms. The molecule has 0 aliphatic rings. The molecule has 0 amide bonds. The summed E-state index contributed by atoms with van der Waals surface area (Å²) < 4.78 is 43.4. The summed E-state index contributed by atoms with van der Waals surface area (Å²) in [4.78, 5) is 28.1. The van der Waals surface area contributed by atoms with Crippen LogP contribution in [0.15, 0.2) is 85.2 Å². The van der Waals surface area contributed by atoms with Gasteiger partial charge in [0.15, 0.2) is 0 Å². The molecule has 324 valence electrons. The van der Waals surface area contributed by atoms with Gasteiger partial charge in [-0.25, -0.2) is 4.39 Å². The van der Waals surface area contributed by atoms with E-state index in [1.807, 2.05) is 50.2 Å². The van der Waals surface area contributed by atoms with Crippen molar-refractivity contribution in [3.8, 4) is 34.4 Å². The van der Waals surface area contributed by atoms with Gasteiger partial charge in [-0.1, -0.05) is 60.1 Å². The van der Waals surface area contributed by atoms with Crippen molar-refractivity contribution in [1.82, 2.24) is 15.6 Å². The number of nitriles is 1. The third-order valence-electron chi connectivity index (χ3n) is 10.2. The second-order valence-corrected chi connectivity index (χ2v) is 14.5. The van der Waals surface area contributed by atoms with Crippen molar-refractivity contribution in [3.63, 3.8) is 0 Å². The predicted molar refractivity (Wildman–Crippen MR) is 232 cm³/mol. The van der Waals surface area contributed by atoms with Gasteiger partial charge in [-0.05, 0) is 71.5 Å². The molecule has 0 fully saturated rings. The van der Waals surface area contributed by atoms with E-state index in [1.165, 1.54) is 33.6 Å². The van der Waals surface area contributed by atoms with Crippen LogP contribution in [0.1, 0.15) is 50.1 Å². The largest absolute Gasteiger partial charge is 0.496 e. The van der Waals surface area contributed by atoms with Gasteiger partial charge in [-0.15, -0.1) is 0 Å². The van der Waals surface area contributed by atoms with E-state index in [0.29, 0.717) is 50.6 Å². The lowest BCUT2D eigenvalue weighted by molar-refractivity contribution is -0.145. The minimum absolute atomic E-state index is 0.0695. The van der Waals surface area contributed by atoms with Gasteiger partial charge in [0.2, 0.25) is 0 Å². The summed E-state index contributed by atoms with van der Waals surface area (Å²) in [5, 5.41) is 34.8. The number of carbonyl (C=O) groups is 2. The van der Waals surface area contributed by atoms with E-state index in [0.717, 1.165) is 27.8 Å². The number of hydrogen-bond donors (Lipinski definition) is 4. The number of esters is 2. The molecule has 2 atom stereocenters. The smallest absolute Gasteiger partial charge is 0.325 e. The Labute approximate surface area is 364 Å². The molecule has 13 nitrogen and oxygen atoms in total. The van der Waals surface area contributed by atoms with E-state index < -0.39 is 43.1 Å². The van der Waals surface area contributed by atoms with Gasteiger partial charge in [0.05, 0.1) is 45.1 Å². The van der Waals surface area contributed by atoms with Crippen LogP contribution in [0.5, 0.6) is 17.2 Å². The molecular weight excluding hydrogens is 819 g/mol. The van der Waals surface area contributed by atoms with Crippen LogP contribution in [0.2, 0.25) is 5.02 Å². The van der Waals surface area contributed by atoms with Crippen LogP contribution in [0.4, 0.5) is 4.39 Å². The number of aromatic nitrogens is 1. The summed E-state index contributed by atoms with van der Waals surface area (Å²) in [5.74, 6) is -0.579. The van der Waals surface area contributed by atoms with Crippen LogP contribution in [0, 0.1) is 25.2 Å². The third-order valence-corrected chi connectivity index (χ3v) is 10.5. The van der Waals surface area contributed by atoms with Crippen molar-refractivity contribution >= 4 is 35.4 Å². The van der Waals surface area contributed by atoms with Gasteiger partial charge in [0.25, 0.3) is 0 Å². The van der Waals surface area contributed by atoms with E-state index in [4.69, 9.17) is 35.3 Å². The lowest BCUT2D eigenvalue weighted by Crippen LogP contribution is -2.40. The Morgan fingerprint density at radius 1 is 0.790 bits per heavy atom. The number of aliphatic hydroxyl groups excluding tert-OH is 2. The maximum atomic E-state index is 15.9. The number of carbonyl (C=O) groups excluding carboxylic acids is 2. The fraction of sp³-hybridized carbons (Fsp3) is 0.277. The van der Waals surface area contributed by atoms with Gasteiger partial charge < -0.3 is 33.9 Å². The quantitative estimate of drug-likeness (QED) is 0.0476. The van der Waals surface area contributed by atoms with Gasteiger partial charge in [-0.3, -0.25) is 25.2 Å². The molecule has 0 saturated carbocycles. The molecule has 0 aliphatic carbocycles. The maximum absolute atomic E-state index is 15.9. The molecule has 0 saturated heterocycles. The van der Waals surface area contributed by atoms with Gasteiger partial charge >= 0.3 is 11.9 Å². The molecule has 4 N–H and O–H groups in total. The van der Waals surface area contributed by atoms with Crippen LogP contribution in [0.3, 0.4) is 0 Å². The Hall–Kier alpha value is -6.34. The summed E-state index contributed by atoms with van der Waals surface area (Å²) in [6.07, 6.45) is 4.52. The highest BCUT2D eigenvalue weighted by atomic mass is 35.5. The molecule has 0 bridgehead atoms. The highest BCUT2D eigenvalue weighted by Gasteiger charge is 2.21.